The minimum absolute atomic E-state index is 0.0510. The van der Waals surface area contributed by atoms with Crippen molar-refractivity contribution in [3.63, 3.8) is 0 Å². The van der Waals surface area contributed by atoms with Crippen molar-refractivity contribution in [3.8, 4) is 11.1 Å². The van der Waals surface area contributed by atoms with E-state index in [0.29, 0.717) is 12.8 Å². The highest BCUT2D eigenvalue weighted by molar-refractivity contribution is 5.87. The molecular weight excluding hydrogens is 408 g/mol. The Morgan fingerprint density at radius 3 is 2.28 bits per heavy atom. The summed E-state index contributed by atoms with van der Waals surface area (Å²) in [7, 11) is 0. The summed E-state index contributed by atoms with van der Waals surface area (Å²) in [6.45, 7) is 1.80. The van der Waals surface area contributed by atoms with Gasteiger partial charge in [0.25, 0.3) is 0 Å². The SMILES string of the molecule is C[C@H](NC(=O)OCC1c2ccccc2-c2ccccc21)C(=O)N1[C@@H]2CC[C@H]1[C@@H](C(=O)O)C2. The fourth-order valence-corrected chi connectivity index (χ4v) is 5.70. The summed E-state index contributed by atoms with van der Waals surface area (Å²) in [5.41, 5.74) is 4.55. The number of amides is 2. The van der Waals surface area contributed by atoms with Crippen molar-refractivity contribution in [1.29, 1.82) is 0 Å². The van der Waals surface area contributed by atoms with Crippen molar-refractivity contribution in [2.45, 2.75) is 50.2 Å². The van der Waals surface area contributed by atoms with E-state index in [1.165, 1.54) is 0 Å². The van der Waals surface area contributed by atoms with Crippen molar-refractivity contribution < 1.29 is 24.2 Å². The minimum atomic E-state index is -0.854. The van der Waals surface area contributed by atoms with E-state index in [0.717, 1.165) is 28.7 Å². The number of carbonyl (C=O) groups is 3. The topological polar surface area (TPSA) is 95.9 Å². The first-order chi connectivity index (χ1) is 15.5. The maximum atomic E-state index is 13.0. The third-order valence-electron chi connectivity index (χ3n) is 7.16. The Hall–Kier alpha value is -3.35. The van der Waals surface area contributed by atoms with Gasteiger partial charge in [-0.1, -0.05) is 48.5 Å². The molecule has 5 rings (SSSR count). The van der Waals surface area contributed by atoms with E-state index in [4.69, 9.17) is 4.74 Å². The zero-order chi connectivity index (χ0) is 22.4. The van der Waals surface area contributed by atoms with Gasteiger partial charge in [-0.3, -0.25) is 9.59 Å². The molecular formula is C25H26N2O5. The van der Waals surface area contributed by atoms with Crippen molar-refractivity contribution in [2.24, 2.45) is 5.92 Å². The van der Waals surface area contributed by atoms with Crippen molar-refractivity contribution >= 4 is 18.0 Å². The maximum Gasteiger partial charge on any atom is 0.407 e. The van der Waals surface area contributed by atoms with Crippen LogP contribution in [0.1, 0.15) is 43.2 Å². The molecule has 1 aliphatic carbocycles. The van der Waals surface area contributed by atoms with Crippen molar-refractivity contribution in [3.05, 3.63) is 59.7 Å². The molecule has 0 spiro atoms. The summed E-state index contributed by atoms with van der Waals surface area (Å²) >= 11 is 0. The van der Waals surface area contributed by atoms with Crippen LogP contribution < -0.4 is 5.32 Å². The predicted molar refractivity (Wildman–Crippen MR) is 117 cm³/mol. The van der Waals surface area contributed by atoms with E-state index in [2.05, 4.69) is 29.6 Å². The van der Waals surface area contributed by atoms with Crippen molar-refractivity contribution in [2.75, 3.05) is 6.61 Å². The van der Waals surface area contributed by atoms with Gasteiger partial charge < -0.3 is 20.1 Å². The first-order valence-electron chi connectivity index (χ1n) is 11.1. The number of nitrogens with zero attached hydrogens (tertiary/aromatic N) is 1. The molecule has 2 saturated heterocycles. The van der Waals surface area contributed by atoms with Gasteiger partial charge in [-0.15, -0.1) is 0 Å². The van der Waals surface area contributed by atoms with E-state index in [9.17, 15) is 19.5 Å². The van der Waals surface area contributed by atoms with Gasteiger partial charge in [0.15, 0.2) is 0 Å². The second-order valence-electron chi connectivity index (χ2n) is 8.92. The summed E-state index contributed by atoms with van der Waals surface area (Å²) in [5.74, 6) is -1.66. The molecule has 7 nitrogen and oxygen atoms in total. The lowest BCUT2D eigenvalue weighted by molar-refractivity contribution is -0.143. The average molecular weight is 434 g/mol. The van der Waals surface area contributed by atoms with E-state index >= 15 is 0 Å². The monoisotopic (exact) mass is 434 g/mol. The van der Waals surface area contributed by atoms with E-state index in [1.54, 1.807) is 11.8 Å². The number of nitrogens with one attached hydrogen (secondary N) is 1. The molecule has 2 heterocycles. The normalized spacial score (nSPS) is 24.0. The first-order valence-corrected chi connectivity index (χ1v) is 11.1. The number of aliphatic carboxylic acids is 1. The maximum absolute atomic E-state index is 13.0. The Morgan fingerprint density at radius 1 is 1.06 bits per heavy atom. The van der Waals surface area contributed by atoms with Gasteiger partial charge in [-0.2, -0.15) is 0 Å². The summed E-state index contributed by atoms with van der Waals surface area (Å²) < 4.78 is 5.54. The fraction of sp³-hybridized carbons (Fsp3) is 0.400. The largest absolute Gasteiger partial charge is 0.481 e. The number of carbonyl (C=O) groups excluding carboxylic acids is 2. The summed E-state index contributed by atoms with van der Waals surface area (Å²) in [6, 6.07) is 15.1. The lowest BCUT2D eigenvalue weighted by Crippen LogP contribution is -2.49. The molecule has 166 valence electrons. The van der Waals surface area contributed by atoms with Gasteiger partial charge in [0.2, 0.25) is 5.91 Å². The Morgan fingerprint density at radius 2 is 1.69 bits per heavy atom. The second kappa shape index (κ2) is 7.97. The number of ether oxygens (including phenoxy) is 1. The molecule has 7 heteroatoms. The molecule has 0 saturated carbocycles. The lowest BCUT2D eigenvalue weighted by Gasteiger charge is -2.26. The molecule has 2 aromatic carbocycles. The molecule has 2 fully saturated rings. The molecule has 0 unspecified atom stereocenters. The van der Waals surface area contributed by atoms with E-state index in [1.807, 2.05) is 24.3 Å². The first kappa shape index (κ1) is 20.5. The number of alkyl carbamates (subject to hydrolysis) is 1. The van der Waals surface area contributed by atoms with Crippen LogP contribution in [0.4, 0.5) is 4.79 Å². The molecule has 0 radical (unpaired) electrons. The van der Waals surface area contributed by atoms with Crippen LogP contribution in [-0.4, -0.2) is 52.7 Å². The third kappa shape index (κ3) is 3.32. The number of hydrogen-bond donors (Lipinski definition) is 2. The lowest BCUT2D eigenvalue weighted by atomic mass is 9.89. The fourth-order valence-electron chi connectivity index (χ4n) is 5.70. The Bertz CT molecular complexity index is 1040. The Kier molecular flexibility index (Phi) is 5.12. The third-order valence-corrected chi connectivity index (χ3v) is 7.16. The van der Waals surface area contributed by atoms with Gasteiger partial charge in [0.1, 0.15) is 12.6 Å². The standard InChI is InChI=1S/C25H26N2O5/c1-14(23(28)27-15-10-11-22(27)20(12-15)24(29)30)26-25(31)32-13-21-18-8-4-2-6-16(18)17-7-3-5-9-19(17)21/h2-9,14-15,20-22H,10-13H2,1H3,(H,26,31)(H,29,30)/t14-,15+,20-,22-/m0/s1. The highest BCUT2D eigenvalue weighted by atomic mass is 16.5. The predicted octanol–water partition coefficient (Wildman–Crippen LogP) is 3.38. The number of fused-ring (bicyclic) bond motifs is 5. The molecule has 2 aromatic rings. The minimum Gasteiger partial charge on any atom is -0.481 e. The number of carboxylic acids is 1. The molecule has 3 aliphatic rings. The zero-order valence-corrected chi connectivity index (χ0v) is 17.9. The molecule has 2 amide bonds. The van der Waals surface area contributed by atoms with E-state index < -0.39 is 24.0 Å². The number of carboxylic acid groups (broad SMARTS) is 1. The number of benzene rings is 2. The second-order valence-corrected chi connectivity index (χ2v) is 8.92. The van der Waals surface area contributed by atoms with Crippen LogP contribution in [0.2, 0.25) is 0 Å². The van der Waals surface area contributed by atoms with E-state index in [-0.39, 0.29) is 30.5 Å². The van der Waals surface area contributed by atoms with Crippen LogP contribution in [0.25, 0.3) is 11.1 Å². The van der Waals surface area contributed by atoms with Gasteiger partial charge in [0.05, 0.1) is 5.92 Å². The highest BCUT2D eigenvalue weighted by Gasteiger charge is 2.52. The van der Waals surface area contributed by atoms with Crippen LogP contribution in [0.5, 0.6) is 0 Å². The van der Waals surface area contributed by atoms with Crippen LogP contribution in [0.3, 0.4) is 0 Å². The Labute approximate surface area is 186 Å². The molecule has 32 heavy (non-hydrogen) atoms. The van der Waals surface area contributed by atoms with Crippen LogP contribution in [-0.2, 0) is 14.3 Å². The Balaban J connectivity index is 1.22. The van der Waals surface area contributed by atoms with Crippen LogP contribution in [0.15, 0.2) is 48.5 Å². The molecule has 2 bridgehead atoms. The summed E-state index contributed by atoms with van der Waals surface area (Å²) in [4.78, 5) is 38.6. The van der Waals surface area contributed by atoms with Gasteiger partial charge in [-0.05, 0) is 48.4 Å². The van der Waals surface area contributed by atoms with Crippen molar-refractivity contribution in [1.82, 2.24) is 10.2 Å². The summed E-state index contributed by atoms with van der Waals surface area (Å²) in [6.07, 6.45) is 1.36. The van der Waals surface area contributed by atoms with Gasteiger partial charge >= 0.3 is 12.1 Å². The molecule has 2 aliphatic heterocycles. The van der Waals surface area contributed by atoms with Gasteiger partial charge in [0, 0.05) is 18.0 Å². The average Bonchev–Trinajstić information content (AvgIpc) is 3.47. The molecule has 0 aromatic heterocycles. The molecule has 2 N–H and O–H groups in total. The number of rotatable bonds is 5. The zero-order valence-electron chi connectivity index (χ0n) is 17.9. The van der Waals surface area contributed by atoms with Crippen LogP contribution >= 0.6 is 0 Å². The highest BCUT2D eigenvalue weighted by Crippen LogP contribution is 2.44. The smallest absolute Gasteiger partial charge is 0.407 e. The van der Waals surface area contributed by atoms with Gasteiger partial charge in [-0.25, -0.2) is 4.79 Å². The number of hydrogen-bond acceptors (Lipinski definition) is 4. The quantitative estimate of drug-likeness (QED) is 0.752. The van der Waals surface area contributed by atoms with Crippen LogP contribution in [0, 0.1) is 5.92 Å². The molecule has 4 atom stereocenters. The summed E-state index contributed by atoms with van der Waals surface area (Å²) in [5, 5.41) is 12.0.